The lowest BCUT2D eigenvalue weighted by atomic mass is 10.2. The molecule has 1 aromatic heterocycles. The van der Waals surface area contributed by atoms with E-state index in [9.17, 15) is 0 Å². The number of nitrogens with one attached hydrogen (secondary N) is 2. The lowest BCUT2D eigenvalue weighted by Gasteiger charge is -2.14. The van der Waals surface area contributed by atoms with Gasteiger partial charge in [-0.25, -0.2) is 0 Å². The average Bonchev–Trinajstić information content (AvgIpc) is 2.82. The highest BCUT2D eigenvalue weighted by Crippen LogP contribution is 2.28. The predicted molar refractivity (Wildman–Crippen MR) is 68.6 cm³/mol. The fourth-order valence-electron chi connectivity index (χ4n) is 1.59. The van der Waals surface area contributed by atoms with Gasteiger partial charge in [0.25, 0.3) is 0 Å². The van der Waals surface area contributed by atoms with Gasteiger partial charge in [-0.15, -0.1) is 0 Å². The van der Waals surface area contributed by atoms with Crippen molar-refractivity contribution in [2.75, 3.05) is 12.4 Å². The van der Waals surface area contributed by atoms with Crippen LogP contribution in [-0.2, 0) is 0 Å². The number of ether oxygens (including phenoxy) is 1. The monoisotopic (exact) mass is 251 g/mol. The number of nitrogens with zero attached hydrogens (tertiary/aromatic N) is 1. The van der Waals surface area contributed by atoms with E-state index in [1.54, 1.807) is 13.3 Å². The van der Waals surface area contributed by atoms with Crippen molar-refractivity contribution in [3.8, 4) is 5.75 Å². The van der Waals surface area contributed by atoms with Crippen LogP contribution in [0.15, 0.2) is 30.5 Å². The first-order valence-corrected chi connectivity index (χ1v) is 5.68. The van der Waals surface area contributed by atoms with Crippen LogP contribution >= 0.6 is 11.6 Å². The first-order chi connectivity index (χ1) is 8.20. The number of benzene rings is 1. The standard InChI is InChI=1S/C12H14ClN3O/c1-8(11-5-6-14-16-11)15-9-3-4-12(17-2)10(13)7-9/h3-8,15H,1-2H3,(H,14,16). The van der Waals surface area contributed by atoms with Crippen LogP contribution in [0.5, 0.6) is 5.75 Å². The molecule has 5 heteroatoms. The van der Waals surface area contributed by atoms with Crippen molar-refractivity contribution in [1.29, 1.82) is 0 Å². The molecule has 0 aliphatic rings. The minimum absolute atomic E-state index is 0.141. The zero-order valence-electron chi connectivity index (χ0n) is 9.70. The molecule has 1 heterocycles. The largest absolute Gasteiger partial charge is 0.495 e. The lowest BCUT2D eigenvalue weighted by Crippen LogP contribution is -2.07. The zero-order valence-corrected chi connectivity index (χ0v) is 10.5. The van der Waals surface area contributed by atoms with Crippen molar-refractivity contribution in [3.63, 3.8) is 0 Å². The second-order valence-electron chi connectivity index (χ2n) is 3.73. The van der Waals surface area contributed by atoms with E-state index in [4.69, 9.17) is 16.3 Å². The van der Waals surface area contributed by atoms with Gasteiger partial charge in [0, 0.05) is 11.9 Å². The van der Waals surface area contributed by atoms with Gasteiger partial charge in [-0.2, -0.15) is 5.10 Å². The van der Waals surface area contributed by atoms with Crippen molar-refractivity contribution >= 4 is 17.3 Å². The molecule has 4 nitrogen and oxygen atoms in total. The Morgan fingerprint density at radius 2 is 2.24 bits per heavy atom. The highest BCUT2D eigenvalue weighted by molar-refractivity contribution is 6.32. The van der Waals surface area contributed by atoms with E-state index in [0.717, 1.165) is 11.4 Å². The normalized spacial score (nSPS) is 12.2. The van der Waals surface area contributed by atoms with Gasteiger partial charge in [-0.05, 0) is 31.2 Å². The van der Waals surface area contributed by atoms with Crippen LogP contribution in [0.1, 0.15) is 18.7 Å². The maximum Gasteiger partial charge on any atom is 0.137 e. The van der Waals surface area contributed by atoms with Gasteiger partial charge in [0.05, 0.1) is 23.9 Å². The fraction of sp³-hybridized carbons (Fsp3) is 0.250. The van der Waals surface area contributed by atoms with Crippen molar-refractivity contribution in [2.45, 2.75) is 13.0 Å². The highest BCUT2D eigenvalue weighted by Gasteiger charge is 2.07. The fourth-order valence-corrected chi connectivity index (χ4v) is 1.85. The molecule has 0 aliphatic carbocycles. The number of aromatic amines is 1. The van der Waals surface area contributed by atoms with Gasteiger partial charge >= 0.3 is 0 Å². The molecular weight excluding hydrogens is 238 g/mol. The molecule has 2 aromatic rings. The van der Waals surface area contributed by atoms with Gasteiger partial charge in [0.1, 0.15) is 5.75 Å². The molecular formula is C12H14ClN3O. The molecule has 90 valence electrons. The minimum Gasteiger partial charge on any atom is -0.495 e. The summed E-state index contributed by atoms with van der Waals surface area (Å²) in [5, 5.41) is 10.8. The molecule has 1 unspecified atom stereocenters. The SMILES string of the molecule is COc1ccc(NC(C)c2ccn[nH]2)cc1Cl. The highest BCUT2D eigenvalue weighted by atomic mass is 35.5. The Balaban J connectivity index is 2.11. The maximum atomic E-state index is 6.05. The Kier molecular flexibility index (Phi) is 3.54. The Bertz CT molecular complexity index is 485. The van der Waals surface area contributed by atoms with E-state index in [-0.39, 0.29) is 6.04 Å². The smallest absolute Gasteiger partial charge is 0.137 e. The number of aromatic nitrogens is 2. The Hall–Kier alpha value is -1.68. The summed E-state index contributed by atoms with van der Waals surface area (Å²) in [4.78, 5) is 0. The van der Waals surface area contributed by atoms with Gasteiger partial charge in [0.2, 0.25) is 0 Å². The summed E-state index contributed by atoms with van der Waals surface area (Å²) in [6.45, 7) is 2.05. The van der Waals surface area contributed by atoms with Crippen LogP contribution in [0.3, 0.4) is 0 Å². The second-order valence-corrected chi connectivity index (χ2v) is 4.13. The summed E-state index contributed by atoms with van der Waals surface area (Å²) >= 11 is 6.05. The van der Waals surface area contributed by atoms with Crippen molar-refractivity contribution in [1.82, 2.24) is 10.2 Å². The van der Waals surface area contributed by atoms with Crippen molar-refractivity contribution in [2.24, 2.45) is 0 Å². The van der Waals surface area contributed by atoms with Crippen molar-refractivity contribution in [3.05, 3.63) is 41.2 Å². The number of methoxy groups -OCH3 is 1. The summed E-state index contributed by atoms with van der Waals surface area (Å²) in [6, 6.07) is 7.68. The molecule has 0 aliphatic heterocycles. The van der Waals surface area contributed by atoms with E-state index in [1.807, 2.05) is 31.2 Å². The number of anilines is 1. The molecule has 0 amide bonds. The topological polar surface area (TPSA) is 49.9 Å². The van der Waals surface area contributed by atoms with E-state index < -0.39 is 0 Å². The van der Waals surface area contributed by atoms with E-state index in [2.05, 4.69) is 15.5 Å². The molecule has 17 heavy (non-hydrogen) atoms. The molecule has 0 radical (unpaired) electrons. The number of H-pyrrole nitrogens is 1. The summed E-state index contributed by atoms with van der Waals surface area (Å²) in [7, 11) is 1.60. The first kappa shape index (κ1) is 11.8. The molecule has 0 bridgehead atoms. The molecule has 1 aromatic carbocycles. The van der Waals surface area contributed by atoms with Gasteiger partial charge in [-0.1, -0.05) is 11.6 Å². The maximum absolute atomic E-state index is 6.05. The van der Waals surface area contributed by atoms with Crippen LogP contribution in [0.4, 0.5) is 5.69 Å². The Morgan fingerprint density at radius 3 is 2.82 bits per heavy atom. The molecule has 2 N–H and O–H groups in total. The number of rotatable bonds is 4. The average molecular weight is 252 g/mol. The lowest BCUT2D eigenvalue weighted by molar-refractivity contribution is 0.415. The zero-order chi connectivity index (χ0) is 12.3. The van der Waals surface area contributed by atoms with Gasteiger partial charge < -0.3 is 10.1 Å². The van der Waals surface area contributed by atoms with Crippen LogP contribution in [0.25, 0.3) is 0 Å². The van der Waals surface area contributed by atoms with Gasteiger partial charge in [-0.3, -0.25) is 5.10 Å². The number of hydrogen-bond acceptors (Lipinski definition) is 3. The number of hydrogen-bond donors (Lipinski definition) is 2. The van der Waals surface area contributed by atoms with Crippen LogP contribution in [0, 0.1) is 0 Å². The summed E-state index contributed by atoms with van der Waals surface area (Å²) < 4.78 is 5.10. The third kappa shape index (κ3) is 2.71. The van der Waals surface area contributed by atoms with E-state index in [0.29, 0.717) is 10.8 Å². The summed E-state index contributed by atoms with van der Waals surface area (Å²) in [5.41, 5.74) is 1.97. The van der Waals surface area contributed by atoms with Crippen LogP contribution < -0.4 is 10.1 Å². The minimum atomic E-state index is 0.141. The summed E-state index contributed by atoms with van der Waals surface area (Å²) in [6.07, 6.45) is 1.73. The molecule has 2 rings (SSSR count). The van der Waals surface area contributed by atoms with E-state index >= 15 is 0 Å². The Morgan fingerprint density at radius 1 is 1.41 bits per heavy atom. The predicted octanol–water partition coefficient (Wildman–Crippen LogP) is 3.24. The molecule has 0 spiro atoms. The third-order valence-electron chi connectivity index (χ3n) is 2.52. The molecule has 0 saturated heterocycles. The molecule has 0 fully saturated rings. The third-order valence-corrected chi connectivity index (χ3v) is 2.82. The van der Waals surface area contributed by atoms with Crippen molar-refractivity contribution < 1.29 is 4.74 Å². The van der Waals surface area contributed by atoms with Crippen LogP contribution in [-0.4, -0.2) is 17.3 Å². The molecule has 1 atom stereocenters. The Labute approximate surface area is 105 Å². The molecule has 0 saturated carbocycles. The number of halogens is 1. The van der Waals surface area contributed by atoms with Crippen LogP contribution in [0.2, 0.25) is 5.02 Å². The first-order valence-electron chi connectivity index (χ1n) is 5.30. The van der Waals surface area contributed by atoms with E-state index in [1.165, 1.54) is 0 Å². The second kappa shape index (κ2) is 5.10. The summed E-state index contributed by atoms with van der Waals surface area (Å²) in [5.74, 6) is 0.673. The quantitative estimate of drug-likeness (QED) is 0.877. The van der Waals surface area contributed by atoms with Gasteiger partial charge in [0.15, 0.2) is 0 Å².